The Bertz CT molecular complexity index is 1580. The number of methoxy groups -OCH3 is 1. The molecule has 7 heteroatoms. The molecule has 37 heavy (non-hydrogen) atoms. The van der Waals surface area contributed by atoms with Gasteiger partial charge in [0.1, 0.15) is 5.82 Å². The number of nitrogens with zero attached hydrogens (tertiary/aromatic N) is 5. The minimum Gasteiger partial charge on any atom is -0.491 e. The summed E-state index contributed by atoms with van der Waals surface area (Å²) in [4.78, 5) is 20.5. The molecule has 4 aromatic rings. The van der Waals surface area contributed by atoms with Crippen LogP contribution in [0.5, 0.6) is 5.75 Å². The predicted octanol–water partition coefficient (Wildman–Crippen LogP) is 6.21. The second-order valence-corrected chi connectivity index (χ2v) is 8.95. The van der Waals surface area contributed by atoms with E-state index in [2.05, 4.69) is 28.2 Å². The fraction of sp³-hybridized carbons (Fsp3) is 0.133. The fourth-order valence-electron chi connectivity index (χ4n) is 4.83. The Kier molecular flexibility index (Phi) is 5.81. The van der Waals surface area contributed by atoms with Crippen molar-refractivity contribution in [2.45, 2.75) is 6.42 Å². The van der Waals surface area contributed by atoms with Gasteiger partial charge in [0.2, 0.25) is 0 Å². The molecular formula is C30H24FN5O. The van der Waals surface area contributed by atoms with E-state index < -0.39 is 0 Å². The highest BCUT2D eigenvalue weighted by Gasteiger charge is 2.31. The van der Waals surface area contributed by atoms with E-state index in [9.17, 15) is 4.39 Å². The van der Waals surface area contributed by atoms with E-state index in [4.69, 9.17) is 14.7 Å². The van der Waals surface area contributed by atoms with Crippen molar-refractivity contribution in [2.75, 3.05) is 19.1 Å². The number of halogens is 1. The first kappa shape index (κ1) is 22.8. The third-order valence-electron chi connectivity index (χ3n) is 6.72. The van der Waals surface area contributed by atoms with Crippen LogP contribution >= 0.6 is 0 Å². The molecule has 3 heterocycles. The lowest BCUT2D eigenvalue weighted by Crippen LogP contribution is -2.20. The van der Waals surface area contributed by atoms with Gasteiger partial charge in [-0.1, -0.05) is 42.5 Å². The van der Waals surface area contributed by atoms with E-state index in [0.717, 1.165) is 33.8 Å². The van der Waals surface area contributed by atoms with Gasteiger partial charge < -0.3 is 9.64 Å². The number of aromatic nitrogens is 3. The summed E-state index contributed by atoms with van der Waals surface area (Å²) in [5, 5.41) is 0. The van der Waals surface area contributed by atoms with Crippen molar-refractivity contribution < 1.29 is 9.13 Å². The molecule has 6 rings (SSSR count). The second kappa shape index (κ2) is 9.43. The number of pyridine rings is 1. The maximum absolute atomic E-state index is 14.6. The minimum atomic E-state index is -0.216. The number of benzene rings is 2. The number of allylic oxidation sites excluding steroid dienone is 4. The smallest absolute Gasteiger partial charge is 0.180 e. The maximum Gasteiger partial charge on any atom is 0.180 e. The molecule has 2 aromatic carbocycles. The Labute approximate surface area is 214 Å². The van der Waals surface area contributed by atoms with Crippen LogP contribution in [0, 0.1) is 11.7 Å². The topological polar surface area (TPSA) is 63.5 Å². The van der Waals surface area contributed by atoms with E-state index in [-0.39, 0.29) is 11.7 Å². The zero-order valence-corrected chi connectivity index (χ0v) is 20.5. The molecule has 0 N–H and O–H groups in total. The summed E-state index contributed by atoms with van der Waals surface area (Å²) in [7, 11) is 3.53. The summed E-state index contributed by atoms with van der Waals surface area (Å²) in [6, 6.07) is 18.8. The predicted molar refractivity (Wildman–Crippen MR) is 144 cm³/mol. The molecule has 2 aliphatic rings. The van der Waals surface area contributed by atoms with Gasteiger partial charge >= 0.3 is 0 Å². The molecule has 0 radical (unpaired) electrons. The van der Waals surface area contributed by atoms with Gasteiger partial charge in [-0.3, -0.25) is 9.98 Å². The lowest BCUT2D eigenvalue weighted by molar-refractivity contribution is 0.411. The molecule has 2 aromatic heterocycles. The molecule has 0 bridgehead atoms. The maximum atomic E-state index is 14.6. The van der Waals surface area contributed by atoms with Gasteiger partial charge in [-0.05, 0) is 42.3 Å². The van der Waals surface area contributed by atoms with Crippen molar-refractivity contribution in [1.29, 1.82) is 0 Å². The van der Waals surface area contributed by atoms with Crippen LogP contribution in [0.1, 0.15) is 17.0 Å². The van der Waals surface area contributed by atoms with Crippen molar-refractivity contribution in [3.63, 3.8) is 0 Å². The van der Waals surface area contributed by atoms with Crippen molar-refractivity contribution in [1.82, 2.24) is 15.0 Å². The van der Waals surface area contributed by atoms with Gasteiger partial charge in [-0.25, -0.2) is 14.4 Å². The molecular weight excluding hydrogens is 465 g/mol. The Morgan fingerprint density at radius 2 is 1.78 bits per heavy atom. The molecule has 0 fully saturated rings. The van der Waals surface area contributed by atoms with E-state index in [1.807, 2.05) is 54.4 Å². The van der Waals surface area contributed by atoms with Gasteiger partial charge in [0.25, 0.3) is 0 Å². The van der Waals surface area contributed by atoms with Crippen LogP contribution in [0.15, 0.2) is 96.4 Å². The van der Waals surface area contributed by atoms with Crippen LogP contribution in [0.4, 0.5) is 21.6 Å². The summed E-state index contributed by atoms with van der Waals surface area (Å²) in [6.45, 7) is 0. The molecule has 1 aliphatic heterocycles. The zero-order valence-electron chi connectivity index (χ0n) is 20.5. The number of rotatable bonds is 6. The molecule has 0 saturated carbocycles. The minimum absolute atomic E-state index is 0.133. The number of fused-ring (bicyclic) bond motifs is 3. The number of ether oxygens (including phenoxy) is 1. The van der Waals surface area contributed by atoms with Crippen molar-refractivity contribution in [2.24, 2.45) is 10.9 Å². The van der Waals surface area contributed by atoms with E-state index >= 15 is 0 Å². The van der Waals surface area contributed by atoms with Crippen molar-refractivity contribution in [3.05, 3.63) is 114 Å². The fourth-order valence-corrected chi connectivity index (χ4v) is 4.83. The summed E-state index contributed by atoms with van der Waals surface area (Å²) in [6.07, 6.45) is 9.83. The zero-order chi connectivity index (χ0) is 25.4. The first-order valence-electron chi connectivity index (χ1n) is 12.0. The highest BCUT2D eigenvalue weighted by molar-refractivity contribution is 6.33. The highest BCUT2D eigenvalue weighted by Crippen LogP contribution is 2.43. The Hall–Kier alpha value is -4.65. The van der Waals surface area contributed by atoms with Crippen LogP contribution in [-0.2, 0) is 6.42 Å². The summed E-state index contributed by atoms with van der Waals surface area (Å²) >= 11 is 0. The van der Waals surface area contributed by atoms with E-state index in [1.165, 1.54) is 6.07 Å². The highest BCUT2D eigenvalue weighted by atomic mass is 19.1. The molecule has 182 valence electrons. The summed E-state index contributed by atoms with van der Waals surface area (Å²) in [5.41, 5.74) is 6.38. The van der Waals surface area contributed by atoms with Crippen LogP contribution in [0.3, 0.4) is 0 Å². The molecule has 6 nitrogen and oxygen atoms in total. The number of hydrogen-bond acceptors (Lipinski definition) is 6. The molecule has 0 spiro atoms. The molecule has 0 amide bonds. The van der Waals surface area contributed by atoms with Gasteiger partial charge in [0.15, 0.2) is 17.4 Å². The number of aliphatic imine (C=N–C) groups is 1. The van der Waals surface area contributed by atoms with E-state index in [1.54, 1.807) is 31.8 Å². The Balaban J connectivity index is 1.45. The van der Waals surface area contributed by atoms with Gasteiger partial charge in [0, 0.05) is 47.8 Å². The largest absolute Gasteiger partial charge is 0.491 e. The third-order valence-corrected chi connectivity index (χ3v) is 6.72. The quantitative estimate of drug-likeness (QED) is 0.322. The van der Waals surface area contributed by atoms with Gasteiger partial charge in [0.05, 0.1) is 24.7 Å². The first-order valence-corrected chi connectivity index (χ1v) is 12.0. The molecule has 0 saturated heterocycles. The monoisotopic (exact) mass is 489 g/mol. The standard InChI is InChI=1S/C30H24FN5O/c1-36(22-11-13-32-14-12-22)30-27(37-2)18-33-29(35-30)21-16-20(15-19-7-3-5-9-25(19)31)28-24(17-21)23-8-4-6-10-26(23)34-28/h3-14,16-18,20H,15H2,1-2H3. The Morgan fingerprint density at radius 3 is 2.59 bits per heavy atom. The Morgan fingerprint density at radius 1 is 1.00 bits per heavy atom. The number of hydrogen-bond donors (Lipinski definition) is 0. The number of para-hydroxylation sites is 1. The molecule has 1 aliphatic carbocycles. The second-order valence-electron chi connectivity index (χ2n) is 8.95. The van der Waals surface area contributed by atoms with Crippen LogP contribution in [0.2, 0.25) is 0 Å². The summed E-state index contributed by atoms with van der Waals surface area (Å²) in [5.74, 6) is 1.41. The van der Waals surface area contributed by atoms with Crippen LogP contribution < -0.4 is 9.64 Å². The number of anilines is 2. The average molecular weight is 490 g/mol. The lowest BCUT2D eigenvalue weighted by Gasteiger charge is -2.23. The van der Waals surface area contributed by atoms with E-state index in [0.29, 0.717) is 29.4 Å². The third kappa shape index (κ3) is 4.18. The lowest BCUT2D eigenvalue weighted by atomic mass is 9.82. The first-order chi connectivity index (χ1) is 18.1. The van der Waals surface area contributed by atoms with Crippen molar-refractivity contribution in [3.8, 4) is 5.75 Å². The average Bonchev–Trinajstić information content (AvgIpc) is 3.33. The van der Waals surface area contributed by atoms with Gasteiger partial charge in [-0.2, -0.15) is 0 Å². The molecule has 1 unspecified atom stereocenters. The van der Waals surface area contributed by atoms with Crippen LogP contribution in [0.25, 0.3) is 11.1 Å². The van der Waals surface area contributed by atoms with Crippen molar-refractivity contribution >= 4 is 34.1 Å². The molecule has 1 atom stereocenters. The SMILES string of the molecule is COc1cnc(C2=CC(Cc3ccccc3F)C3=Nc4ccccc4C3=C2)nc1N(C)c1ccncc1. The van der Waals surface area contributed by atoms with Gasteiger partial charge in [-0.15, -0.1) is 0 Å². The van der Waals surface area contributed by atoms with Crippen LogP contribution in [-0.4, -0.2) is 34.8 Å². The normalized spacial score (nSPS) is 15.8. The summed E-state index contributed by atoms with van der Waals surface area (Å²) < 4.78 is 20.2.